The molecule has 4 nitrogen and oxygen atoms in total. The van der Waals surface area contributed by atoms with Crippen molar-refractivity contribution in [1.82, 2.24) is 4.98 Å². The Bertz CT molecular complexity index is 649. The van der Waals surface area contributed by atoms with Crippen LogP contribution in [0.15, 0.2) is 41.2 Å². The van der Waals surface area contributed by atoms with Gasteiger partial charge in [-0.1, -0.05) is 24.4 Å². The molecule has 1 aromatic carbocycles. The summed E-state index contributed by atoms with van der Waals surface area (Å²) in [5.74, 6) is 0.691. The van der Waals surface area contributed by atoms with Crippen LogP contribution in [0.1, 0.15) is 5.56 Å². The SMILES string of the molecule is COc1ccccc1-c1ccc(C(N)=S)c(=O)[nH]1. The fourth-order valence-electron chi connectivity index (χ4n) is 1.69. The lowest BCUT2D eigenvalue weighted by Gasteiger charge is -2.08. The average molecular weight is 260 g/mol. The summed E-state index contributed by atoms with van der Waals surface area (Å²) >= 11 is 4.79. The summed E-state index contributed by atoms with van der Waals surface area (Å²) in [6.07, 6.45) is 0. The van der Waals surface area contributed by atoms with Gasteiger partial charge in [0.2, 0.25) is 0 Å². The minimum atomic E-state index is -0.300. The van der Waals surface area contributed by atoms with Crippen LogP contribution in [0, 0.1) is 0 Å². The number of aromatic amines is 1. The smallest absolute Gasteiger partial charge is 0.258 e. The van der Waals surface area contributed by atoms with Crippen LogP contribution in [-0.4, -0.2) is 17.1 Å². The molecule has 1 aromatic heterocycles. The summed E-state index contributed by atoms with van der Waals surface area (Å²) < 4.78 is 5.24. The molecule has 0 radical (unpaired) electrons. The number of H-pyrrole nitrogens is 1. The molecular weight excluding hydrogens is 248 g/mol. The number of thiocarbonyl (C=S) groups is 1. The van der Waals surface area contributed by atoms with E-state index in [2.05, 4.69) is 4.98 Å². The number of rotatable bonds is 3. The Kier molecular flexibility index (Phi) is 3.43. The van der Waals surface area contributed by atoms with Gasteiger partial charge in [0.05, 0.1) is 18.4 Å². The van der Waals surface area contributed by atoms with Crippen LogP contribution < -0.4 is 16.0 Å². The largest absolute Gasteiger partial charge is 0.496 e. The first-order valence-corrected chi connectivity index (χ1v) is 5.71. The van der Waals surface area contributed by atoms with Crippen molar-refractivity contribution in [3.8, 4) is 17.0 Å². The van der Waals surface area contributed by atoms with E-state index < -0.39 is 0 Å². The first kappa shape index (κ1) is 12.3. The quantitative estimate of drug-likeness (QED) is 0.824. The molecule has 0 fully saturated rings. The Labute approximate surface area is 109 Å². The van der Waals surface area contributed by atoms with Crippen molar-refractivity contribution >= 4 is 17.2 Å². The Morgan fingerprint density at radius 2 is 2.00 bits per heavy atom. The highest BCUT2D eigenvalue weighted by molar-refractivity contribution is 7.80. The van der Waals surface area contributed by atoms with Gasteiger partial charge in [0.1, 0.15) is 10.7 Å². The predicted molar refractivity (Wildman–Crippen MR) is 74.9 cm³/mol. The van der Waals surface area contributed by atoms with Crippen molar-refractivity contribution in [2.75, 3.05) is 7.11 Å². The maximum atomic E-state index is 11.8. The number of nitrogens with two attached hydrogens (primary N) is 1. The molecule has 2 rings (SSSR count). The van der Waals surface area contributed by atoms with Crippen LogP contribution in [0.25, 0.3) is 11.3 Å². The van der Waals surface area contributed by atoms with Gasteiger partial charge in [-0.15, -0.1) is 0 Å². The van der Waals surface area contributed by atoms with Crippen molar-refractivity contribution in [3.63, 3.8) is 0 Å². The van der Waals surface area contributed by atoms with Crippen molar-refractivity contribution in [2.24, 2.45) is 5.73 Å². The summed E-state index contributed by atoms with van der Waals surface area (Å²) in [4.78, 5) is 14.6. The number of para-hydroxylation sites is 1. The molecule has 0 aliphatic carbocycles. The van der Waals surface area contributed by atoms with E-state index in [9.17, 15) is 4.79 Å². The number of hydrogen-bond acceptors (Lipinski definition) is 3. The standard InChI is InChI=1S/C13H12N2O2S/c1-17-11-5-3-2-4-8(11)10-7-6-9(12(14)18)13(16)15-10/h2-7H,1H3,(H2,14,18)(H,15,16). The molecule has 3 N–H and O–H groups in total. The van der Waals surface area contributed by atoms with Crippen molar-refractivity contribution in [1.29, 1.82) is 0 Å². The highest BCUT2D eigenvalue weighted by atomic mass is 32.1. The van der Waals surface area contributed by atoms with Gasteiger partial charge < -0.3 is 15.5 Å². The van der Waals surface area contributed by atoms with Crippen LogP contribution in [-0.2, 0) is 0 Å². The Morgan fingerprint density at radius 1 is 1.28 bits per heavy atom. The monoisotopic (exact) mass is 260 g/mol. The van der Waals surface area contributed by atoms with Crippen LogP contribution in [0.2, 0.25) is 0 Å². The van der Waals surface area contributed by atoms with E-state index in [0.717, 1.165) is 5.56 Å². The molecule has 0 saturated heterocycles. The lowest BCUT2D eigenvalue weighted by Crippen LogP contribution is -2.22. The van der Waals surface area contributed by atoms with E-state index >= 15 is 0 Å². The zero-order valence-corrected chi connectivity index (χ0v) is 10.6. The third-order valence-electron chi connectivity index (χ3n) is 2.57. The van der Waals surface area contributed by atoms with Gasteiger partial charge in [-0.3, -0.25) is 4.79 Å². The molecule has 1 heterocycles. The van der Waals surface area contributed by atoms with Crippen LogP contribution in [0.4, 0.5) is 0 Å². The van der Waals surface area contributed by atoms with Gasteiger partial charge in [0, 0.05) is 5.56 Å². The van der Waals surface area contributed by atoms with E-state index in [-0.39, 0.29) is 10.5 Å². The molecule has 92 valence electrons. The number of methoxy groups -OCH3 is 1. The minimum Gasteiger partial charge on any atom is -0.496 e. The van der Waals surface area contributed by atoms with Gasteiger partial charge in [0.15, 0.2) is 0 Å². The number of aromatic nitrogens is 1. The van der Waals surface area contributed by atoms with Crippen molar-refractivity contribution < 1.29 is 4.74 Å². The summed E-state index contributed by atoms with van der Waals surface area (Å²) in [7, 11) is 1.58. The van der Waals surface area contributed by atoms with Crippen LogP contribution in [0.5, 0.6) is 5.75 Å². The summed E-state index contributed by atoms with van der Waals surface area (Å²) in [5.41, 5.74) is 6.93. The van der Waals surface area contributed by atoms with E-state index in [1.54, 1.807) is 19.2 Å². The van der Waals surface area contributed by atoms with Crippen molar-refractivity contribution in [2.45, 2.75) is 0 Å². The molecule has 0 saturated carbocycles. The number of nitrogens with one attached hydrogen (secondary N) is 1. The average Bonchev–Trinajstić information content (AvgIpc) is 2.38. The van der Waals surface area contributed by atoms with Crippen molar-refractivity contribution in [3.05, 3.63) is 52.3 Å². The molecule has 0 atom stereocenters. The molecular formula is C13H12N2O2S. The zero-order chi connectivity index (χ0) is 13.1. The molecule has 0 amide bonds. The maximum Gasteiger partial charge on any atom is 0.258 e. The van der Waals surface area contributed by atoms with Gasteiger partial charge >= 0.3 is 0 Å². The maximum absolute atomic E-state index is 11.8. The molecule has 5 heteroatoms. The molecule has 0 aliphatic rings. The predicted octanol–water partition coefficient (Wildman–Crippen LogP) is 1.68. The third kappa shape index (κ3) is 2.26. The van der Waals surface area contributed by atoms with E-state index in [0.29, 0.717) is 17.0 Å². The first-order valence-electron chi connectivity index (χ1n) is 5.30. The zero-order valence-electron chi connectivity index (χ0n) is 9.77. The highest BCUT2D eigenvalue weighted by Gasteiger charge is 2.08. The van der Waals surface area contributed by atoms with E-state index in [4.69, 9.17) is 22.7 Å². The third-order valence-corrected chi connectivity index (χ3v) is 2.79. The summed E-state index contributed by atoms with van der Waals surface area (Å²) in [6, 6.07) is 10.8. The Balaban J connectivity index is 2.56. The highest BCUT2D eigenvalue weighted by Crippen LogP contribution is 2.27. The lowest BCUT2D eigenvalue weighted by atomic mass is 10.1. The Hall–Kier alpha value is -2.14. The van der Waals surface area contributed by atoms with Gasteiger partial charge in [-0.05, 0) is 24.3 Å². The normalized spacial score (nSPS) is 10.1. The van der Waals surface area contributed by atoms with Gasteiger partial charge in [-0.25, -0.2) is 0 Å². The minimum absolute atomic E-state index is 0.0860. The molecule has 0 spiro atoms. The number of pyridine rings is 1. The van der Waals surface area contributed by atoms with E-state index in [1.165, 1.54) is 0 Å². The first-order chi connectivity index (χ1) is 8.63. The molecule has 0 unspecified atom stereocenters. The number of ether oxygens (including phenoxy) is 1. The van der Waals surface area contributed by atoms with Gasteiger partial charge in [0.25, 0.3) is 5.56 Å². The molecule has 2 aromatic rings. The fraction of sp³-hybridized carbons (Fsp3) is 0.0769. The molecule has 0 aliphatic heterocycles. The summed E-state index contributed by atoms with van der Waals surface area (Å²) in [6.45, 7) is 0. The Morgan fingerprint density at radius 3 is 2.61 bits per heavy atom. The van der Waals surface area contributed by atoms with Crippen LogP contribution >= 0.6 is 12.2 Å². The second-order valence-electron chi connectivity index (χ2n) is 3.68. The second-order valence-corrected chi connectivity index (χ2v) is 4.12. The van der Waals surface area contributed by atoms with Gasteiger partial charge in [-0.2, -0.15) is 0 Å². The second kappa shape index (κ2) is 5.01. The molecule has 18 heavy (non-hydrogen) atoms. The topological polar surface area (TPSA) is 68.1 Å². The summed E-state index contributed by atoms with van der Waals surface area (Å²) in [5, 5.41) is 0. The van der Waals surface area contributed by atoms with Crippen LogP contribution in [0.3, 0.4) is 0 Å². The number of benzene rings is 1. The lowest BCUT2D eigenvalue weighted by molar-refractivity contribution is 0.416. The fourth-order valence-corrected chi connectivity index (χ4v) is 1.85. The molecule has 0 bridgehead atoms. The number of hydrogen-bond donors (Lipinski definition) is 2. The van der Waals surface area contributed by atoms with E-state index in [1.807, 2.05) is 24.3 Å².